The van der Waals surface area contributed by atoms with Gasteiger partial charge in [0.05, 0.1) is 35.2 Å². The molecule has 2 fully saturated rings. The van der Waals surface area contributed by atoms with Crippen molar-refractivity contribution in [3.8, 4) is 17.2 Å². The number of likely N-dealkylation sites (tertiary alicyclic amines) is 1. The summed E-state index contributed by atoms with van der Waals surface area (Å²) in [5.74, 6) is -4.64. The van der Waals surface area contributed by atoms with Gasteiger partial charge in [0, 0.05) is 107 Å². The van der Waals surface area contributed by atoms with E-state index in [1.807, 2.05) is 51.6 Å². The number of aliphatic hydroxyl groups is 1. The van der Waals surface area contributed by atoms with Gasteiger partial charge in [0.25, 0.3) is 11.7 Å². The number of ether oxygens (including phenoxy) is 3. The molecule has 0 saturated carbocycles. The smallest absolute Gasteiger partial charge is 0.315 e. The normalized spacial score (nSPS) is 28.7. The monoisotopic (exact) mass is 1010 g/mol. The lowest BCUT2D eigenvalue weighted by Gasteiger charge is -2.36. The number of ketones is 1. The number of esters is 1. The molecular formula is C55H74N8O10. The Hall–Kier alpha value is -6.11. The average Bonchev–Trinajstić information content (AvgIpc) is 4.01. The lowest BCUT2D eigenvalue weighted by Crippen LogP contribution is -2.49. The molecule has 2 saturated heterocycles. The summed E-state index contributed by atoms with van der Waals surface area (Å²) in [5, 5.41) is 39.4. The standard InChI is InChI=1S/C55H74N8O10/c1-31(2)29-61-19-16-55(17-20-61)58-44-41-42-48(67)37(8)51-43(41)52(69)54(9,73-51)71-26-12-15-33(4)50(72-40(65)28-39(64)63-24-22-62(23-25-63)30-38-56-18-21-60(38)10)36(7)47(66)35(6)27-32(3)13-11-14-34(5)53(70)57-46(49(42)68)45(44)59-55/h11-14,18,21,26,31-33,35-36,47,50,66-68H,15-17,19-20,22-25,27-30H2,1-10H3,(H,57,70)/b13-11+,26-12+,34-14-/t32?,33-,35-,36-,47?,50?,54?/m1/s1. The number of Topliss-reactive ketones (excluding diaryl/α,β-unsaturated/α-hetero) is 1. The van der Waals surface area contributed by atoms with Crippen LogP contribution in [0.5, 0.6) is 17.2 Å². The number of carbonyl (C=O) groups is 4. The Bertz CT molecular complexity index is 2860. The molecule has 394 valence electrons. The maximum Gasteiger partial charge on any atom is 0.315 e. The van der Waals surface area contributed by atoms with E-state index in [0.717, 1.165) is 12.4 Å². The molecule has 4 N–H and O–H groups in total. The van der Waals surface area contributed by atoms with E-state index >= 15 is 0 Å². The quantitative estimate of drug-likeness (QED) is 0.129. The van der Waals surface area contributed by atoms with Crippen molar-refractivity contribution >= 4 is 40.0 Å². The van der Waals surface area contributed by atoms with Crippen LogP contribution in [0.3, 0.4) is 0 Å². The van der Waals surface area contributed by atoms with Crippen molar-refractivity contribution in [1.82, 2.24) is 24.3 Å². The molecule has 18 heteroatoms. The van der Waals surface area contributed by atoms with E-state index in [1.165, 1.54) is 13.2 Å². The fourth-order valence-corrected chi connectivity index (χ4v) is 11.1. The number of benzene rings is 2. The molecule has 18 nitrogen and oxygen atoms in total. The molecule has 1 aromatic heterocycles. The Morgan fingerprint density at radius 3 is 2.32 bits per heavy atom. The summed E-state index contributed by atoms with van der Waals surface area (Å²) in [4.78, 5) is 77.2. The Kier molecular flexibility index (Phi) is 15.6. The van der Waals surface area contributed by atoms with E-state index in [2.05, 4.69) is 33.9 Å². The predicted molar refractivity (Wildman–Crippen MR) is 274 cm³/mol. The summed E-state index contributed by atoms with van der Waals surface area (Å²) in [6, 6.07) is 0. The highest BCUT2D eigenvalue weighted by molar-refractivity contribution is 6.19. The fourth-order valence-electron chi connectivity index (χ4n) is 11.1. The molecule has 4 unspecified atom stereocenters. The minimum atomic E-state index is -1.92. The van der Waals surface area contributed by atoms with Crippen molar-refractivity contribution in [2.45, 2.75) is 125 Å². The van der Waals surface area contributed by atoms with Crippen LogP contribution in [-0.4, -0.2) is 133 Å². The van der Waals surface area contributed by atoms with Crippen LogP contribution in [0.15, 0.2) is 58.5 Å². The number of allylic oxidation sites excluding steroid dienone is 4. The molecule has 1 spiro atoms. The first-order valence-electron chi connectivity index (χ1n) is 25.9. The Morgan fingerprint density at radius 1 is 0.945 bits per heavy atom. The average molecular weight is 1010 g/mol. The van der Waals surface area contributed by atoms with Crippen molar-refractivity contribution in [2.24, 2.45) is 46.6 Å². The minimum absolute atomic E-state index is 0.0202. The number of aryl methyl sites for hydroxylation is 1. The third kappa shape index (κ3) is 10.9. The summed E-state index contributed by atoms with van der Waals surface area (Å²) >= 11 is 0. The van der Waals surface area contributed by atoms with Crippen LogP contribution in [0, 0.1) is 36.5 Å². The number of fused-ring (bicyclic) bond motifs is 13. The zero-order chi connectivity index (χ0) is 52.7. The van der Waals surface area contributed by atoms with Crippen LogP contribution >= 0.6 is 0 Å². The Morgan fingerprint density at radius 2 is 1.64 bits per heavy atom. The second-order valence-corrected chi connectivity index (χ2v) is 21.8. The summed E-state index contributed by atoms with van der Waals surface area (Å²) < 4.78 is 20.7. The van der Waals surface area contributed by atoms with Gasteiger partial charge in [-0.25, -0.2) is 4.98 Å². The summed E-state index contributed by atoms with van der Waals surface area (Å²) in [6.07, 6.45) is 11.9. The number of nitrogens with one attached hydrogen (secondary N) is 1. The molecule has 7 heterocycles. The Balaban J connectivity index is 1.09. The molecule has 6 aliphatic heterocycles. The van der Waals surface area contributed by atoms with Crippen molar-refractivity contribution in [3.05, 3.63) is 76.2 Å². The first kappa shape index (κ1) is 53.2. The van der Waals surface area contributed by atoms with Crippen LogP contribution in [0.1, 0.15) is 109 Å². The third-order valence-corrected chi connectivity index (χ3v) is 15.5. The molecule has 0 radical (unpaired) electrons. The number of hydrogen-bond acceptors (Lipinski definition) is 15. The van der Waals surface area contributed by atoms with Crippen molar-refractivity contribution in [3.63, 3.8) is 0 Å². The summed E-state index contributed by atoms with van der Waals surface area (Å²) in [6.45, 7) is 21.9. The van der Waals surface area contributed by atoms with E-state index < -0.39 is 65.3 Å². The van der Waals surface area contributed by atoms with E-state index in [9.17, 15) is 34.5 Å². The van der Waals surface area contributed by atoms with Gasteiger partial charge in [0.2, 0.25) is 5.91 Å². The molecule has 2 aromatic carbocycles. The number of phenols is 2. The largest absolute Gasteiger partial charge is 0.507 e. The maximum atomic E-state index is 14.9. The lowest BCUT2D eigenvalue weighted by molar-refractivity contribution is -0.161. The molecule has 9 rings (SSSR count). The number of phenolic OH excluding ortho intramolecular Hbond substituents is 2. The topological polar surface area (TPSA) is 221 Å². The number of aromatic nitrogens is 2. The van der Waals surface area contributed by atoms with Gasteiger partial charge >= 0.3 is 11.8 Å². The number of amides is 2. The number of piperidine rings is 1. The number of nitrogens with zero attached hydrogens (tertiary/aromatic N) is 7. The highest BCUT2D eigenvalue weighted by atomic mass is 16.7. The number of anilines is 1. The predicted octanol–water partition coefficient (Wildman–Crippen LogP) is 5.60. The molecule has 73 heavy (non-hydrogen) atoms. The van der Waals surface area contributed by atoms with Gasteiger partial charge < -0.3 is 49.2 Å². The van der Waals surface area contributed by atoms with Crippen LogP contribution in [0.25, 0.3) is 10.8 Å². The van der Waals surface area contributed by atoms with Gasteiger partial charge in [-0.2, -0.15) is 0 Å². The van der Waals surface area contributed by atoms with E-state index in [0.29, 0.717) is 76.6 Å². The van der Waals surface area contributed by atoms with Gasteiger partial charge in [-0.1, -0.05) is 59.8 Å². The van der Waals surface area contributed by atoms with E-state index in [-0.39, 0.29) is 74.0 Å². The third-order valence-electron chi connectivity index (χ3n) is 15.5. The van der Waals surface area contributed by atoms with Crippen LogP contribution in [-0.2, 0) is 37.4 Å². The molecule has 3 aromatic rings. The minimum Gasteiger partial charge on any atom is -0.507 e. The van der Waals surface area contributed by atoms with Crippen molar-refractivity contribution < 1.29 is 48.7 Å². The zero-order valence-corrected chi connectivity index (χ0v) is 44.1. The Labute approximate surface area is 427 Å². The second kappa shape index (κ2) is 21.4. The number of carbonyl (C=O) groups excluding carboxylic acids is 4. The number of imidazole rings is 1. The maximum absolute atomic E-state index is 14.9. The molecular weight excluding hydrogens is 933 g/mol. The van der Waals surface area contributed by atoms with Gasteiger partial charge in [-0.15, -0.1) is 0 Å². The van der Waals surface area contributed by atoms with Gasteiger partial charge in [0.1, 0.15) is 40.9 Å². The van der Waals surface area contributed by atoms with E-state index in [4.69, 9.17) is 24.2 Å². The highest BCUT2D eigenvalue weighted by Crippen LogP contribution is 2.50. The van der Waals surface area contributed by atoms with Crippen LogP contribution in [0.2, 0.25) is 0 Å². The van der Waals surface area contributed by atoms with Crippen molar-refractivity contribution in [1.29, 1.82) is 0 Å². The number of rotatable bonds is 7. The summed E-state index contributed by atoms with van der Waals surface area (Å²) in [7, 11) is 1.95. The zero-order valence-electron chi connectivity index (χ0n) is 44.1. The van der Waals surface area contributed by atoms with Crippen LogP contribution < -0.4 is 20.8 Å². The number of aliphatic hydroxyl groups excluding tert-OH is 1. The van der Waals surface area contributed by atoms with E-state index in [1.54, 1.807) is 43.2 Å². The first-order valence-corrected chi connectivity index (χ1v) is 25.9. The van der Waals surface area contributed by atoms with Gasteiger partial charge in [0.15, 0.2) is 11.4 Å². The molecule has 0 aliphatic carbocycles. The van der Waals surface area contributed by atoms with Gasteiger partial charge in [-0.3, -0.25) is 34.1 Å². The molecule has 6 aliphatic rings. The number of aromatic hydroxyl groups is 2. The number of hydrogen-bond donors (Lipinski definition) is 4. The molecule has 5 bridgehead atoms. The van der Waals surface area contributed by atoms with Crippen molar-refractivity contribution in [2.75, 3.05) is 51.1 Å². The lowest BCUT2D eigenvalue weighted by atomic mass is 9.80. The first-order chi connectivity index (χ1) is 34.6. The van der Waals surface area contributed by atoms with Crippen LogP contribution in [0.4, 0.5) is 5.69 Å². The fraction of sp³-hybridized carbons (Fsp3) is 0.582. The SMILES string of the molecule is C/C1=C/C=C/C(C)C[C@@H](C)C(O)[C@@H](C)C(OC(=O)CC(=O)N2CCN(Cc3nccn3C)CC2)[C@H](C)C/C=C/OC2(C)Oc3c(C)c(O)c4c(O)c(c5c(c4c3C2=O)=NC2(CCN(CC(C)C)CC2)N=5)NC1=O. The molecule has 7 atom stereocenters. The second-order valence-electron chi connectivity index (χ2n) is 21.8. The highest BCUT2D eigenvalue weighted by Gasteiger charge is 2.50. The number of piperazine rings is 1. The molecule has 2 amide bonds. The summed E-state index contributed by atoms with van der Waals surface area (Å²) in [5.41, 5.74) is -0.416. The van der Waals surface area contributed by atoms with Gasteiger partial charge in [-0.05, 0) is 56.4 Å².